The average molecular weight is 252 g/mol. The zero-order valence-corrected chi connectivity index (χ0v) is 10.6. The molecular weight excluding hydrogens is 236 g/mol. The first kappa shape index (κ1) is 12.2. The largest absolute Gasteiger partial charge is 0.372 e. The molecule has 0 spiro atoms. The van der Waals surface area contributed by atoms with Crippen LogP contribution in [0, 0.1) is 0 Å². The summed E-state index contributed by atoms with van der Waals surface area (Å²) >= 11 is 1.89. The summed E-state index contributed by atoms with van der Waals surface area (Å²) in [6.45, 7) is 0. The molecule has 1 atom stereocenters. The van der Waals surface area contributed by atoms with E-state index in [2.05, 4.69) is 20.8 Å². The molecule has 1 unspecified atom stereocenters. The van der Waals surface area contributed by atoms with Crippen molar-refractivity contribution in [3.8, 4) is 0 Å². The number of anilines is 1. The minimum atomic E-state index is -0.132. The van der Waals surface area contributed by atoms with Crippen LogP contribution in [0.25, 0.3) is 0 Å². The van der Waals surface area contributed by atoms with Crippen LogP contribution in [0.15, 0.2) is 12.1 Å². The first-order valence-corrected chi connectivity index (χ1v) is 6.85. The third kappa shape index (κ3) is 3.33. The van der Waals surface area contributed by atoms with Crippen molar-refractivity contribution in [2.45, 2.75) is 18.9 Å². The van der Waals surface area contributed by atoms with Crippen molar-refractivity contribution in [1.29, 1.82) is 0 Å². The number of hydrogen-bond acceptors (Lipinski definition) is 5. The Kier molecular flexibility index (Phi) is 4.19. The lowest BCUT2D eigenvalue weighted by atomic mass is 10.2. The van der Waals surface area contributed by atoms with Gasteiger partial charge >= 0.3 is 0 Å². The molecule has 0 saturated carbocycles. The van der Waals surface area contributed by atoms with Crippen LogP contribution in [0.1, 0.15) is 23.3 Å². The van der Waals surface area contributed by atoms with Crippen LogP contribution in [0.2, 0.25) is 0 Å². The molecule has 92 valence electrons. The maximum Gasteiger partial charge on any atom is 0.272 e. The summed E-state index contributed by atoms with van der Waals surface area (Å²) in [7, 11) is 1.77. The van der Waals surface area contributed by atoms with Gasteiger partial charge in [0.25, 0.3) is 5.91 Å². The van der Waals surface area contributed by atoms with E-state index in [1.165, 1.54) is 12.2 Å². The lowest BCUT2D eigenvalue weighted by Gasteiger charge is -2.22. The number of amides is 1. The van der Waals surface area contributed by atoms with Gasteiger partial charge in [0, 0.05) is 18.8 Å². The van der Waals surface area contributed by atoms with Crippen molar-refractivity contribution < 1.29 is 4.79 Å². The van der Waals surface area contributed by atoms with E-state index in [-0.39, 0.29) is 11.9 Å². The summed E-state index contributed by atoms with van der Waals surface area (Å²) in [4.78, 5) is 11.9. The lowest BCUT2D eigenvalue weighted by Crippen LogP contribution is -2.38. The van der Waals surface area contributed by atoms with E-state index < -0.39 is 0 Å². The topological polar surface area (TPSA) is 66.9 Å². The standard InChI is InChI=1S/C11H16N4OS/c1-12-10-5-4-9(14-15-10)11(16)13-8-3-2-6-17-7-8/h4-5,8H,2-3,6-7H2,1H3,(H,12,15)(H,13,16). The molecule has 2 heterocycles. The van der Waals surface area contributed by atoms with Crippen LogP contribution >= 0.6 is 11.8 Å². The Morgan fingerprint density at radius 2 is 2.35 bits per heavy atom. The van der Waals surface area contributed by atoms with E-state index in [0.29, 0.717) is 11.5 Å². The van der Waals surface area contributed by atoms with E-state index in [1.54, 1.807) is 19.2 Å². The molecule has 2 N–H and O–H groups in total. The van der Waals surface area contributed by atoms with Gasteiger partial charge in [0.05, 0.1) is 0 Å². The zero-order chi connectivity index (χ0) is 12.1. The minimum Gasteiger partial charge on any atom is -0.372 e. The second-order valence-corrected chi connectivity index (χ2v) is 5.09. The summed E-state index contributed by atoms with van der Waals surface area (Å²) in [5.41, 5.74) is 0.375. The molecular formula is C11H16N4OS. The fourth-order valence-corrected chi connectivity index (χ4v) is 2.77. The van der Waals surface area contributed by atoms with Crippen molar-refractivity contribution in [3.05, 3.63) is 17.8 Å². The fraction of sp³-hybridized carbons (Fsp3) is 0.545. The van der Waals surface area contributed by atoms with E-state index >= 15 is 0 Å². The third-order valence-corrected chi connectivity index (χ3v) is 3.86. The second kappa shape index (κ2) is 5.86. The lowest BCUT2D eigenvalue weighted by molar-refractivity contribution is 0.0932. The van der Waals surface area contributed by atoms with E-state index in [1.807, 2.05) is 11.8 Å². The maximum absolute atomic E-state index is 11.9. The molecule has 6 heteroatoms. The molecule has 1 aromatic heterocycles. The highest BCUT2D eigenvalue weighted by Gasteiger charge is 2.17. The van der Waals surface area contributed by atoms with Crippen molar-refractivity contribution in [2.24, 2.45) is 0 Å². The van der Waals surface area contributed by atoms with Crippen LogP contribution in [0.3, 0.4) is 0 Å². The van der Waals surface area contributed by atoms with Crippen molar-refractivity contribution in [2.75, 3.05) is 23.9 Å². The summed E-state index contributed by atoms with van der Waals surface area (Å²) in [6, 6.07) is 3.70. The van der Waals surface area contributed by atoms with Crippen molar-refractivity contribution in [3.63, 3.8) is 0 Å². The molecule has 1 amide bonds. The third-order valence-electron chi connectivity index (χ3n) is 2.65. The first-order valence-electron chi connectivity index (χ1n) is 5.69. The molecule has 1 aliphatic rings. The molecule has 0 radical (unpaired) electrons. The SMILES string of the molecule is CNc1ccc(C(=O)NC2CCCSC2)nn1. The van der Waals surface area contributed by atoms with Gasteiger partial charge in [-0.25, -0.2) is 0 Å². The molecule has 5 nitrogen and oxygen atoms in total. The average Bonchev–Trinajstić information content (AvgIpc) is 2.40. The highest BCUT2D eigenvalue weighted by molar-refractivity contribution is 7.99. The quantitative estimate of drug-likeness (QED) is 0.844. The normalized spacial score (nSPS) is 19.7. The number of nitrogens with one attached hydrogen (secondary N) is 2. The van der Waals surface area contributed by atoms with Crippen molar-refractivity contribution >= 4 is 23.5 Å². The molecule has 0 aromatic carbocycles. The summed E-state index contributed by atoms with van der Waals surface area (Å²) < 4.78 is 0. The summed E-state index contributed by atoms with van der Waals surface area (Å²) in [6.07, 6.45) is 2.22. The molecule has 0 bridgehead atoms. The van der Waals surface area contributed by atoms with Crippen LogP contribution in [0.5, 0.6) is 0 Å². The Labute approximate surface area is 105 Å². The zero-order valence-electron chi connectivity index (χ0n) is 9.77. The number of thioether (sulfide) groups is 1. The van der Waals surface area contributed by atoms with Gasteiger partial charge in [0.2, 0.25) is 0 Å². The van der Waals surface area contributed by atoms with Gasteiger partial charge in [-0.3, -0.25) is 4.79 Å². The minimum absolute atomic E-state index is 0.132. The van der Waals surface area contributed by atoms with Crippen LogP contribution in [0.4, 0.5) is 5.82 Å². The highest BCUT2D eigenvalue weighted by Crippen LogP contribution is 2.17. The number of nitrogens with zero attached hydrogens (tertiary/aromatic N) is 2. The van der Waals surface area contributed by atoms with Gasteiger partial charge in [-0.2, -0.15) is 11.8 Å². The Bertz CT molecular complexity index is 376. The molecule has 1 aliphatic heterocycles. The Morgan fingerprint density at radius 3 is 2.94 bits per heavy atom. The van der Waals surface area contributed by atoms with E-state index in [0.717, 1.165) is 12.2 Å². The van der Waals surface area contributed by atoms with Gasteiger partial charge in [-0.05, 0) is 30.7 Å². The maximum atomic E-state index is 11.9. The fourth-order valence-electron chi connectivity index (χ4n) is 1.70. The molecule has 1 saturated heterocycles. The first-order chi connectivity index (χ1) is 8.29. The summed E-state index contributed by atoms with van der Waals surface area (Å²) in [5.74, 6) is 2.72. The van der Waals surface area contributed by atoms with Gasteiger partial charge in [0.1, 0.15) is 5.82 Å². The Morgan fingerprint density at radius 1 is 1.47 bits per heavy atom. The summed E-state index contributed by atoms with van der Waals surface area (Å²) in [5, 5.41) is 13.6. The predicted molar refractivity (Wildman–Crippen MR) is 69.4 cm³/mol. The monoisotopic (exact) mass is 252 g/mol. The number of aromatic nitrogens is 2. The number of carbonyl (C=O) groups is 1. The van der Waals surface area contributed by atoms with E-state index in [4.69, 9.17) is 0 Å². The molecule has 1 fully saturated rings. The van der Waals surface area contributed by atoms with E-state index in [9.17, 15) is 4.79 Å². The van der Waals surface area contributed by atoms with Gasteiger partial charge in [0.15, 0.2) is 5.69 Å². The smallest absolute Gasteiger partial charge is 0.272 e. The number of carbonyl (C=O) groups excluding carboxylic acids is 1. The predicted octanol–water partition coefficient (Wildman–Crippen LogP) is 1.14. The van der Waals surface area contributed by atoms with Gasteiger partial charge < -0.3 is 10.6 Å². The van der Waals surface area contributed by atoms with Crippen LogP contribution in [-0.2, 0) is 0 Å². The van der Waals surface area contributed by atoms with Crippen LogP contribution < -0.4 is 10.6 Å². The molecule has 2 rings (SSSR count). The molecule has 0 aliphatic carbocycles. The van der Waals surface area contributed by atoms with Crippen molar-refractivity contribution in [1.82, 2.24) is 15.5 Å². The van der Waals surface area contributed by atoms with Gasteiger partial charge in [-0.15, -0.1) is 10.2 Å². The number of rotatable bonds is 3. The molecule has 1 aromatic rings. The second-order valence-electron chi connectivity index (χ2n) is 3.94. The highest BCUT2D eigenvalue weighted by atomic mass is 32.2. The Hall–Kier alpha value is -1.30. The molecule has 17 heavy (non-hydrogen) atoms. The number of hydrogen-bond donors (Lipinski definition) is 2. The van der Waals surface area contributed by atoms with Crippen LogP contribution in [-0.4, -0.2) is 40.7 Å². The Balaban J connectivity index is 1.93. The van der Waals surface area contributed by atoms with Gasteiger partial charge in [-0.1, -0.05) is 0 Å².